The van der Waals surface area contributed by atoms with Gasteiger partial charge < -0.3 is 4.90 Å². The summed E-state index contributed by atoms with van der Waals surface area (Å²) in [7, 11) is -2.33. The first-order valence-electron chi connectivity index (χ1n) is 17.9. The van der Waals surface area contributed by atoms with E-state index in [1.165, 1.54) is 49.6 Å². The van der Waals surface area contributed by atoms with Crippen LogP contribution in [0.2, 0.25) is 13.1 Å². The topological polar surface area (TPSA) is 37.4 Å². The minimum atomic E-state index is -2.33. The van der Waals surface area contributed by atoms with Gasteiger partial charge in [0.25, 0.3) is 0 Å². The van der Waals surface area contributed by atoms with Crippen molar-refractivity contribution in [2.75, 3.05) is 4.90 Å². The predicted octanol–water partition coefficient (Wildman–Crippen LogP) is 10.5. The van der Waals surface area contributed by atoms with Gasteiger partial charge in [-0.25, -0.2) is 0 Å². The molecule has 2 aliphatic carbocycles. The third-order valence-electron chi connectivity index (χ3n) is 11.7. The SMILES string of the molecule is CC(C)(C)c1cccc(N2c3ccc(C=C4C(=O)c5cc6ccccc6cc5C4=O)cc3[Si](C)(C)c3cc4c(cc32)C(C)(C)c2ccccc2-4)c1. The van der Waals surface area contributed by atoms with Gasteiger partial charge in [-0.2, -0.15) is 0 Å². The summed E-state index contributed by atoms with van der Waals surface area (Å²) in [5.41, 5.74) is 12.2. The number of anilines is 3. The van der Waals surface area contributed by atoms with Gasteiger partial charge in [-0.1, -0.05) is 127 Å². The lowest BCUT2D eigenvalue weighted by Gasteiger charge is -2.42. The van der Waals surface area contributed by atoms with Crippen molar-refractivity contribution in [1.29, 1.82) is 0 Å². The number of ketones is 2. The Morgan fingerprint density at radius 3 is 1.94 bits per heavy atom. The van der Waals surface area contributed by atoms with Crippen LogP contribution in [0.1, 0.15) is 77.6 Å². The summed E-state index contributed by atoms with van der Waals surface area (Å²) in [6.45, 7) is 16.4. The van der Waals surface area contributed by atoms with Gasteiger partial charge in [0.15, 0.2) is 11.6 Å². The van der Waals surface area contributed by atoms with Crippen LogP contribution < -0.4 is 15.3 Å². The normalized spacial score (nSPS) is 16.5. The quantitative estimate of drug-likeness (QED) is 0.104. The first kappa shape index (κ1) is 31.6. The molecule has 0 amide bonds. The summed E-state index contributed by atoms with van der Waals surface area (Å²) in [5, 5.41) is 4.61. The molecule has 6 aromatic rings. The molecule has 0 saturated heterocycles. The molecule has 3 aliphatic rings. The Labute approximate surface area is 301 Å². The molecule has 1 heterocycles. The number of hydrogen-bond donors (Lipinski definition) is 0. The van der Waals surface area contributed by atoms with Crippen LogP contribution in [0.4, 0.5) is 17.1 Å². The maximum Gasteiger partial charge on any atom is 0.197 e. The summed E-state index contributed by atoms with van der Waals surface area (Å²) in [6.07, 6.45) is 1.82. The largest absolute Gasteiger partial charge is 0.311 e. The van der Waals surface area contributed by atoms with Gasteiger partial charge in [-0.05, 0) is 102 Å². The molecule has 250 valence electrons. The minimum Gasteiger partial charge on any atom is -0.311 e. The van der Waals surface area contributed by atoms with Crippen molar-refractivity contribution in [2.24, 2.45) is 0 Å². The third kappa shape index (κ3) is 4.55. The van der Waals surface area contributed by atoms with Crippen molar-refractivity contribution in [3.8, 4) is 11.1 Å². The average Bonchev–Trinajstić information content (AvgIpc) is 3.47. The van der Waals surface area contributed by atoms with E-state index >= 15 is 0 Å². The molecule has 0 aromatic heterocycles. The Hall–Kier alpha value is -5.32. The van der Waals surface area contributed by atoms with Gasteiger partial charge in [-0.15, -0.1) is 0 Å². The van der Waals surface area contributed by atoms with E-state index in [0.29, 0.717) is 11.1 Å². The van der Waals surface area contributed by atoms with Gasteiger partial charge in [0.05, 0.1) is 5.57 Å². The maximum atomic E-state index is 13.8. The molecule has 0 spiro atoms. The van der Waals surface area contributed by atoms with Gasteiger partial charge in [-0.3, -0.25) is 9.59 Å². The lowest BCUT2D eigenvalue weighted by molar-refractivity contribution is 0.0990. The number of rotatable bonds is 2. The fraction of sp³-hybridized carbons (Fsp3) is 0.191. The summed E-state index contributed by atoms with van der Waals surface area (Å²) in [4.78, 5) is 30.0. The van der Waals surface area contributed by atoms with Crippen LogP contribution in [0.15, 0.2) is 121 Å². The summed E-state index contributed by atoms with van der Waals surface area (Å²) in [5.74, 6) is -0.393. The number of allylic oxidation sites excluding steroid dienone is 1. The highest BCUT2D eigenvalue weighted by atomic mass is 28.3. The Bertz CT molecular complexity index is 2510. The maximum absolute atomic E-state index is 13.8. The summed E-state index contributed by atoms with van der Waals surface area (Å²) < 4.78 is 0. The number of hydrogen-bond acceptors (Lipinski definition) is 3. The van der Waals surface area contributed by atoms with Crippen LogP contribution in [0.3, 0.4) is 0 Å². The molecule has 0 unspecified atom stereocenters. The zero-order valence-electron chi connectivity index (χ0n) is 30.3. The van der Waals surface area contributed by atoms with E-state index in [4.69, 9.17) is 0 Å². The van der Waals surface area contributed by atoms with Gasteiger partial charge >= 0.3 is 0 Å². The highest BCUT2D eigenvalue weighted by Crippen LogP contribution is 2.51. The summed E-state index contributed by atoms with van der Waals surface area (Å²) in [6, 6.07) is 41.0. The van der Waals surface area contributed by atoms with Crippen molar-refractivity contribution < 1.29 is 9.59 Å². The van der Waals surface area contributed by atoms with E-state index in [9.17, 15) is 9.59 Å². The van der Waals surface area contributed by atoms with E-state index in [1.807, 2.05) is 42.5 Å². The van der Waals surface area contributed by atoms with Crippen molar-refractivity contribution in [1.82, 2.24) is 0 Å². The smallest absolute Gasteiger partial charge is 0.197 e. The zero-order chi connectivity index (χ0) is 35.6. The van der Waals surface area contributed by atoms with Crippen molar-refractivity contribution in [3.05, 3.63) is 154 Å². The lowest BCUT2D eigenvalue weighted by Crippen LogP contribution is -2.58. The number of carbonyl (C=O) groups excluding carboxylic acids is 2. The van der Waals surface area contributed by atoms with E-state index in [-0.39, 0.29) is 28.0 Å². The van der Waals surface area contributed by atoms with Crippen molar-refractivity contribution in [3.63, 3.8) is 0 Å². The molecule has 6 aromatic carbocycles. The van der Waals surface area contributed by atoms with E-state index in [2.05, 4.69) is 131 Å². The standard InChI is InChI=1S/C47H41NO2Si/c1-46(2,3)31-15-12-16-32(25-31)48-40-20-19-28(21-37-44(49)35-23-29-13-8-9-14-30(29)24-36(35)45(37)50)22-42(40)51(6,7)43-26-34-33-17-10-11-18-38(33)47(4,5)39(34)27-41(43)48/h8-27H,1-7H3. The van der Waals surface area contributed by atoms with Gasteiger partial charge in [0.2, 0.25) is 0 Å². The molecule has 0 saturated carbocycles. The number of carbonyl (C=O) groups is 2. The lowest BCUT2D eigenvalue weighted by atomic mass is 9.82. The molecule has 9 rings (SSSR count). The molecule has 0 radical (unpaired) electrons. The first-order chi connectivity index (χ1) is 24.2. The fourth-order valence-electron chi connectivity index (χ4n) is 8.73. The molecule has 0 atom stereocenters. The van der Waals surface area contributed by atoms with E-state index in [0.717, 1.165) is 22.0 Å². The second-order valence-electron chi connectivity index (χ2n) is 16.6. The molecule has 0 N–H and O–H groups in total. The number of Topliss-reactive ketones (excluding diaryl/α,β-unsaturated/α-hetero) is 2. The van der Waals surface area contributed by atoms with Crippen LogP contribution in [0.25, 0.3) is 28.0 Å². The van der Waals surface area contributed by atoms with E-state index < -0.39 is 8.07 Å². The fourth-order valence-corrected chi connectivity index (χ4v) is 11.7. The number of fused-ring (bicyclic) bond motifs is 7. The molecule has 3 nitrogen and oxygen atoms in total. The third-order valence-corrected chi connectivity index (χ3v) is 15.2. The molecule has 1 aliphatic heterocycles. The minimum absolute atomic E-state index is 0.00707. The zero-order valence-corrected chi connectivity index (χ0v) is 31.3. The van der Waals surface area contributed by atoms with Crippen LogP contribution >= 0.6 is 0 Å². The molecule has 0 bridgehead atoms. The van der Waals surface area contributed by atoms with Crippen LogP contribution in [0, 0.1) is 0 Å². The number of benzene rings is 6. The Balaban J connectivity index is 1.24. The molecule has 0 fully saturated rings. The van der Waals surface area contributed by atoms with E-state index in [1.54, 1.807) is 0 Å². The monoisotopic (exact) mass is 679 g/mol. The molecular formula is C47H41NO2Si. The Morgan fingerprint density at radius 1 is 0.608 bits per heavy atom. The second-order valence-corrected chi connectivity index (χ2v) is 20.9. The Kier molecular flexibility index (Phi) is 6.58. The average molecular weight is 680 g/mol. The van der Waals surface area contributed by atoms with Crippen LogP contribution in [0.5, 0.6) is 0 Å². The van der Waals surface area contributed by atoms with Crippen molar-refractivity contribution >= 4 is 63.9 Å². The predicted molar refractivity (Wildman–Crippen MR) is 215 cm³/mol. The van der Waals surface area contributed by atoms with Gasteiger partial charge in [0.1, 0.15) is 8.07 Å². The Morgan fingerprint density at radius 2 is 1.25 bits per heavy atom. The van der Waals surface area contributed by atoms with Gasteiger partial charge in [0, 0.05) is 33.6 Å². The highest BCUT2D eigenvalue weighted by Gasteiger charge is 2.43. The van der Waals surface area contributed by atoms with Crippen molar-refractivity contribution in [2.45, 2.75) is 58.5 Å². The first-order valence-corrected chi connectivity index (χ1v) is 20.9. The second kappa shape index (κ2) is 10.6. The number of nitrogens with zero attached hydrogens (tertiary/aromatic N) is 1. The highest BCUT2D eigenvalue weighted by molar-refractivity contribution is 7.02. The molecular weight excluding hydrogens is 639 g/mol. The summed E-state index contributed by atoms with van der Waals surface area (Å²) >= 11 is 0. The molecule has 51 heavy (non-hydrogen) atoms. The van der Waals surface area contributed by atoms with Crippen LogP contribution in [-0.4, -0.2) is 19.6 Å². The molecule has 4 heteroatoms. The van der Waals surface area contributed by atoms with Crippen LogP contribution in [-0.2, 0) is 10.8 Å².